The van der Waals surface area contributed by atoms with E-state index in [1.807, 2.05) is 27.7 Å². The van der Waals surface area contributed by atoms with Crippen molar-refractivity contribution in [2.75, 3.05) is 0 Å². The van der Waals surface area contributed by atoms with Gasteiger partial charge in [-0.05, 0) is 30.1 Å². The SMILES string of the molecule is CC(=O)C(F)(F)C1(O)CC(C)(C)CC(C)(C)C1. The third kappa shape index (κ3) is 2.67. The molecule has 2 nitrogen and oxygen atoms in total. The maximum atomic E-state index is 13.9. The Hall–Kier alpha value is -0.510. The Morgan fingerprint density at radius 3 is 1.71 bits per heavy atom. The molecular formula is C13H22F2O2. The summed E-state index contributed by atoms with van der Waals surface area (Å²) in [6.45, 7) is 8.26. The molecule has 0 heterocycles. The van der Waals surface area contributed by atoms with Crippen LogP contribution in [0, 0.1) is 10.8 Å². The summed E-state index contributed by atoms with van der Waals surface area (Å²) in [7, 11) is 0. The number of Topliss-reactive ketones (excluding diaryl/α,β-unsaturated/α-hetero) is 1. The van der Waals surface area contributed by atoms with Crippen molar-refractivity contribution in [1.82, 2.24) is 0 Å². The molecule has 1 aliphatic carbocycles. The van der Waals surface area contributed by atoms with Crippen LogP contribution in [0.3, 0.4) is 0 Å². The van der Waals surface area contributed by atoms with E-state index in [0.717, 1.165) is 13.3 Å². The highest BCUT2D eigenvalue weighted by molar-refractivity contribution is 5.84. The van der Waals surface area contributed by atoms with Crippen LogP contribution in [0.15, 0.2) is 0 Å². The molecule has 1 fully saturated rings. The Morgan fingerprint density at radius 1 is 1.06 bits per heavy atom. The highest BCUT2D eigenvalue weighted by atomic mass is 19.3. The van der Waals surface area contributed by atoms with E-state index in [4.69, 9.17) is 0 Å². The molecule has 1 N–H and O–H groups in total. The molecule has 0 spiro atoms. The summed E-state index contributed by atoms with van der Waals surface area (Å²) in [4.78, 5) is 11.1. The maximum absolute atomic E-state index is 13.9. The minimum Gasteiger partial charge on any atom is -0.383 e. The van der Waals surface area contributed by atoms with Crippen LogP contribution in [-0.2, 0) is 4.79 Å². The Bertz CT molecular complexity index is 316. The number of ketones is 1. The van der Waals surface area contributed by atoms with Gasteiger partial charge < -0.3 is 5.11 Å². The van der Waals surface area contributed by atoms with Crippen LogP contribution in [-0.4, -0.2) is 22.4 Å². The average molecular weight is 248 g/mol. The van der Waals surface area contributed by atoms with E-state index in [1.165, 1.54) is 0 Å². The zero-order valence-electron chi connectivity index (χ0n) is 11.2. The molecule has 1 rings (SSSR count). The lowest BCUT2D eigenvalue weighted by Gasteiger charge is -2.51. The molecule has 0 aromatic carbocycles. The van der Waals surface area contributed by atoms with E-state index >= 15 is 0 Å². The van der Waals surface area contributed by atoms with E-state index in [-0.39, 0.29) is 12.8 Å². The second-order valence-corrected chi connectivity index (χ2v) is 7.02. The molecule has 100 valence electrons. The number of hydrogen-bond donors (Lipinski definition) is 1. The Kier molecular flexibility index (Phi) is 3.20. The van der Waals surface area contributed by atoms with Gasteiger partial charge in [0, 0.05) is 6.92 Å². The summed E-state index contributed by atoms with van der Waals surface area (Å²) in [5.41, 5.74) is -3.01. The van der Waals surface area contributed by atoms with Gasteiger partial charge in [0.15, 0.2) is 0 Å². The molecule has 0 amide bonds. The topological polar surface area (TPSA) is 37.3 Å². The van der Waals surface area contributed by atoms with Crippen molar-refractivity contribution in [3.05, 3.63) is 0 Å². The molecule has 0 atom stereocenters. The van der Waals surface area contributed by atoms with Gasteiger partial charge in [0.2, 0.25) is 5.78 Å². The molecule has 0 unspecified atom stereocenters. The van der Waals surface area contributed by atoms with E-state index in [0.29, 0.717) is 0 Å². The number of hydrogen-bond acceptors (Lipinski definition) is 2. The lowest BCUT2D eigenvalue weighted by atomic mass is 9.58. The Labute approximate surface area is 101 Å². The van der Waals surface area contributed by atoms with Gasteiger partial charge in [-0.3, -0.25) is 4.79 Å². The van der Waals surface area contributed by atoms with Gasteiger partial charge in [0.25, 0.3) is 0 Å². The van der Waals surface area contributed by atoms with Gasteiger partial charge in [-0.25, -0.2) is 0 Å². The van der Waals surface area contributed by atoms with Gasteiger partial charge in [-0.2, -0.15) is 8.78 Å². The van der Waals surface area contributed by atoms with Crippen molar-refractivity contribution >= 4 is 5.78 Å². The lowest BCUT2D eigenvalue weighted by molar-refractivity contribution is -0.221. The summed E-state index contributed by atoms with van der Waals surface area (Å²) in [6, 6.07) is 0. The molecule has 4 heteroatoms. The minimum atomic E-state index is -3.66. The van der Waals surface area contributed by atoms with Crippen LogP contribution in [0.25, 0.3) is 0 Å². The van der Waals surface area contributed by atoms with E-state index < -0.39 is 28.1 Å². The summed E-state index contributed by atoms with van der Waals surface area (Å²) >= 11 is 0. The smallest absolute Gasteiger partial charge is 0.332 e. The van der Waals surface area contributed by atoms with E-state index in [1.54, 1.807) is 0 Å². The summed E-state index contributed by atoms with van der Waals surface area (Å²) in [5, 5.41) is 10.3. The third-order valence-electron chi connectivity index (χ3n) is 3.53. The number of aliphatic hydroxyl groups is 1. The molecule has 0 bridgehead atoms. The fourth-order valence-corrected chi connectivity index (χ4v) is 3.62. The Balaban J connectivity index is 3.16. The zero-order chi connectivity index (χ0) is 13.7. The molecule has 0 aliphatic heterocycles. The molecule has 0 saturated heterocycles. The van der Waals surface area contributed by atoms with Gasteiger partial charge in [0.05, 0.1) is 0 Å². The maximum Gasteiger partial charge on any atom is 0.332 e. The van der Waals surface area contributed by atoms with Gasteiger partial charge in [-0.1, -0.05) is 27.7 Å². The molecular weight excluding hydrogens is 226 g/mol. The van der Waals surface area contributed by atoms with Crippen LogP contribution in [0.2, 0.25) is 0 Å². The number of halogens is 2. The molecule has 17 heavy (non-hydrogen) atoms. The van der Waals surface area contributed by atoms with Gasteiger partial charge >= 0.3 is 5.92 Å². The van der Waals surface area contributed by atoms with Crippen LogP contribution in [0.4, 0.5) is 8.78 Å². The van der Waals surface area contributed by atoms with Crippen LogP contribution in [0.5, 0.6) is 0 Å². The van der Waals surface area contributed by atoms with Gasteiger partial charge in [0.1, 0.15) is 5.60 Å². The Morgan fingerprint density at radius 2 is 1.41 bits per heavy atom. The van der Waals surface area contributed by atoms with E-state index in [9.17, 15) is 18.7 Å². The van der Waals surface area contributed by atoms with Crippen molar-refractivity contribution in [3.8, 4) is 0 Å². The van der Waals surface area contributed by atoms with Crippen LogP contribution in [0.1, 0.15) is 53.9 Å². The second kappa shape index (κ2) is 3.74. The standard InChI is InChI=1S/C13H22F2O2/c1-9(16)13(14,15)12(17)7-10(2,3)6-11(4,5)8-12/h17H,6-8H2,1-5H3. The highest BCUT2D eigenvalue weighted by Crippen LogP contribution is 2.54. The predicted octanol–water partition coefficient (Wildman–Crippen LogP) is 3.18. The minimum absolute atomic E-state index is 0.0456. The number of carbonyl (C=O) groups is 1. The quantitative estimate of drug-likeness (QED) is 0.815. The molecule has 0 aromatic heterocycles. The van der Waals surface area contributed by atoms with Crippen molar-refractivity contribution < 1.29 is 18.7 Å². The second-order valence-electron chi connectivity index (χ2n) is 7.02. The molecule has 0 radical (unpaired) electrons. The largest absolute Gasteiger partial charge is 0.383 e. The highest BCUT2D eigenvalue weighted by Gasteiger charge is 2.61. The van der Waals surface area contributed by atoms with Crippen molar-refractivity contribution in [2.45, 2.75) is 65.4 Å². The lowest BCUT2D eigenvalue weighted by Crippen LogP contribution is -2.59. The van der Waals surface area contributed by atoms with Gasteiger partial charge in [-0.15, -0.1) is 0 Å². The molecule has 1 aliphatic rings. The number of rotatable bonds is 2. The van der Waals surface area contributed by atoms with Crippen molar-refractivity contribution in [2.24, 2.45) is 10.8 Å². The number of alkyl halides is 2. The fourth-order valence-electron chi connectivity index (χ4n) is 3.62. The third-order valence-corrected chi connectivity index (χ3v) is 3.53. The van der Waals surface area contributed by atoms with Crippen molar-refractivity contribution in [1.29, 1.82) is 0 Å². The summed E-state index contributed by atoms with van der Waals surface area (Å²) in [5.74, 6) is -4.92. The first kappa shape index (κ1) is 14.6. The zero-order valence-corrected chi connectivity index (χ0v) is 11.2. The normalized spacial score (nSPS) is 26.6. The average Bonchev–Trinajstić information content (AvgIpc) is 1.95. The first-order valence-corrected chi connectivity index (χ1v) is 5.93. The number of carbonyl (C=O) groups excluding carboxylic acids is 1. The first-order chi connectivity index (χ1) is 7.31. The van der Waals surface area contributed by atoms with Crippen LogP contribution < -0.4 is 0 Å². The predicted molar refractivity (Wildman–Crippen MR) is 62.0 cm³/mol. The van der Waals surface area contributed by atoms with Crippen LogP contribution >= 0.6 is 0 Å². The molecule has 1 saturated carbocycles. The first-order valence-electron chi connectivity index (χ1n) is 5.93. The molecule has 0 aromatic rings. The van der Waals surface area contributed by atoms with Crippen molar-refractivity contribution in [3.63, 3.8) is 0 Å². The monoisotopic (exact) mass is 248 g/mol. The summed E-state index contributed by atoms with van der Waals surface area (Å²) in [6.07, 6.45) is 0.669. The summed E-state index contributed by atoms with van der Waals surface area (Å²) < 4.78 is 27.8. The van der Waals surface area contributed by atoms with E-state index in [2.05, 4.69) is 0 Å². The fraction of sp³-hybridized carbons (Fsp3) is 0.923.